The number of allylic oxidation sites excluding steroid dienone is 2. The second-order valence-electron chi connectivity index (χ2n) is 12.4. The Morgan fingerprint density at radius 2 is 1.71 bits per heavy atom. The van der Waals surface area contributed by atoms with Crippen molar-refractivity contribution in [3.8, 4) is 23.0 Å². The number of hydrogen-bond acceptors (Lipinski definition) is 3. The molecule has 3 heterocycles. The highest BCUT2D eigenvalue weighted by Gasteiger charge is 2.34. The van der Waals surface area contributed by atoms with Crippen LogP contribution >= 0.6 is 0 Å². The van der Waals surface area contributed by atoms with Crippen molar-refractivity contribution in [2.24, 2.45) is 5.92 Å². The molecule has 0 saturated heterocycles. The highest BCUT2D eigenvalue weighted by atomic mass is 19.1. The van der Waals surface area contributed by atoms with Gasteiger partial charge < -0.3 is 4.74 Å². The van der Waals surface area contributed by atoms with Crippen molar-refractivity contribution < 1.29 is 13.5 Å². The maximum atomic E-state index is 14.9. The van der Waals surface area contributed by atoms with E-state index in [0.29, 0.717) is 41.5 Å². The van der Waals surface area contributed by atoms with Gasteiger partial charge in [0.15, 0.2) is 0 Å². The van der Waals surface area contributed by atoms with Gasteiger partial charge in [0.05, 0.1) is 28.3 Å². The van der Waals surface area contributed by atoms with Crippen LogP contribution in [-0.2, 0) is 6.42 Å². The van der Waals surface area contributed by atoms with Gasteiger partial charge in [-0.05, 0) is 87.1 Å². The zero-order chi connectivity index (χ0) is 31.2. The zero-order valence-corrected chi connectivity index (χ0v) is 26.0. The average molecular weight is 603 g/mol. The highest BCUT2D eigenvalue weighted by molar-refractivity contribution is 6.09. The molecule has 0 aliphatic heterocycles. The van der Waals surface area contributed by atoms with Crippen molar-refractivity contribution >= 4 is 21.8 Å². The Bertz CT molecular complexity index is 2070. The van der Waals surface area contributed by atoms with Crippen molar-refractivity contribution in [1.29, 1.82) is 0 Å². The molecular formula is C38H36F2N4O. The Hall–Kier alpha value is -4.78. The number of ether oxygens (including phenoxy) is 1. The lowest BCUT2D eigenvalue weighted by atomic mass is 9.85. The van der Waals surface area contributed by atoms with Crippen LogP contribution in [0.15, 0.2) is 97.0 Å². The molecule has 3 aromatic carbocycles. The minimum absolute atomic E-state index is 0.314. The molecule has 228 valence electrons. The number of nitrogens with zero attached hydrogens (tertiary/aromatic N) is 4. The number of aromatic nitrogens is 4. The Morgan fingerprint density at radius 3 is 2.53 bits per heavy atom. The molecule has 0 radical (unpaired) electrons. The topological polar surface area (TPSA) is 44.9 Å². The largest absolute Gasteiger partial charge is 0.457 e. The molecule has 6 aromatic rings. The fourth-order valence-electron chi connectivity index (χ4n) is 6.78. The van der Waals surface area contributed by atoms with E-state index in [1.807, 2.05) is 50.4 Å². The summed E-state index contributed by atoms with van der Waals surface area (Å²) in [6.07, 6.45) is 3.83. The third-order valence-electron chi connectivity index (χ3n) is 8.72. The molecule has 0 amide bonds. The molecule has 0 saturated carbocycles. The maximum Gasteiger partial charge on any atom is 0.137 e. The van der Waals surface area contributed by atoms with E-state index in [1.54, 1.807) is 4.68 Å². The van der Waals surface area contributed by atoms with Gasteiger partial charge in [-0.2, -0.15) is 5.10 Å². The Kier molecular flexibility index (Phi) is 7.48. The average Bonchev–Trinajstić information content (AvgIpc) is 3.50. The molecule has 0 spiro atoms. The van der Waals surface area contributed by atoms with Gasteiger partial charge in [0.25, 0.3) is 0 Å². The molecule has 0 bridgehead atoms. The van der Waals surface area contributed by atoms with Crippen LogP contribution in [0.4, 0.5) is 8.78 Å². The lowest BCUT2D eigenvalue weighted by Gasteiger charge is -2.24. The van der Waals surface area contributed by atoms with Crippen LogP contribution in [0, 0.1) is 19.8 Å². The molecule has 45 heavy (non-hydrogen) atoms. The number of fused-ring (bicyclic) bond motifs is 3. The van der Waals surface area contributed by atoms with Gasteiger partial charge >= 0.3 is 0 Å². The van der Waals surface area contributed by atoms with E-state index in [9.17, 15) is 8.78 Å². The number of alkyl halides is 1. The molecule has 7 heteroatoms. The summed E-state index contributed by atoms with van der Waals surface area (Å²) in [5, 5.41) is 6.97. The molecule has 5 nitrogen and oxygen atoms in total. The quantitative estimate of drug-likeness (QED) is 0.183. The van der Waals surface area contributed by atoms with E-state index in [4.69, 9.17) is 14.8 Å². The second-order valence-corrected chi connectivity index (χ2v) is 12.4. The number of aryl methyl sites for hydroxylation is 1. The highest BCUT2D eigenvalue weighted by Crippen LogP contribution is 2.41. The molecule has 0 fully saturated rings. The smallest absolute Gasteiger partial charge is 0.137 e. The molecule has 3 aromatic heterocycles. The summed E-state index contributed by atoms with van der Waals surface area (Å²) in [6.45, 7) is 8.13. The lowest BCUT2D eigenvalue weighted by Crippen LogP contribution is -2.19. The van der Waals surface area contributed by atoms with Crippen molar-refractivity contribution in [3.63, 3.8) is 0 Å². The minimum atomic E-state index is -1.27. The predicted molar refractivity (Wildman–Crippen MR) is 176 cm³/mol. The van der Waals surface area contributed by atoms with Gasteiger partial charge in [-0.3, -0.25) is 4.57 Å². The van der Waals surface area contributed by atoms with Crippen molar-refractivity contribution in [2.75, 3.05) is 0 Å². The monoisotopic (exact) mass is 602 g/mol. The molecule has 1 aliphatic carbocycles. The first-order chi connectivity index (χ1) is 21.8. The fourth-order valence-corrected chi connectivity index (χ4v) is 6.78. The van der Waals surface area contributed by atoms with Gasteiger partial charge in [0, 0.05) is 40.4 Å². The predicted octanol–water partition coefficient (Wildman–Crippen LogP) is 10.0. The van der Waals surface area contributed by atoms with E-state index in [1.165, 1.54) is 11.6 Å². The van der Waals surface area contributed by atoms with Crippen LogP contribution < -0.4 is 4.74 Å². The Morgan fingerprint density at radius 1 is 0.911 bits per heavy atom. The second kappa shape index (κ2) is 11.6. The van der Waals surface area contributed by atoms with Crippen molar-refractivity contribution in [3.05, 3.63) is 119 Å². The Balaban J connectivity index is 1.26. The third-order valence-corrected chi connectivity index (χ3v) is 8.72. The molecule has 1 unspecified atom stereocenters. The molecule has 0 N–H and O–H groups in total. The van der Waals surface area contributed by atoms with Gasteiger partial charge in [-0.15, -0.1) is 0 Å². The first kappa shape index (κ1) is 29.0. The standard InChI is InChI=1S/C38H36F2N4O/c1-23(2)19-26-17-18-41-36(20-26)43-34-14-6-5-11-30(34)31-16-15-29(22-35(31)43)45-28-10-7-9-27(21-28)44-25(4)37(24(3)42-44)38-32(39)12-8-13-33(38)40/h5-7,9-12,14-18,20-23,33,38H,8,13,19H2,1-4H3/t33-,38?/m0/s1. The lowest BCUT2D eigenvalue weighted by molar-refractivity contribution is 0.251. The van der Waals surface area contributed by atoms with Gasteiger partial charge in [-0.1, -0.05) is 44.2 Å². The molecule has 2 atom stereocenters. The first-order valence-corrected chi connectivity index (χ1v) is 15.6. The van der Waals surface area contributed by atoms with Gasteiger partial charge in [-0.25, -0.2) is 18.4 Å². The van der Waals surface area contributed by atoms with Crippen LogP contribution in [0.25, 0.3) is 33.3 Å². The van der Waals surface area contributed by atoms with Gasteiger partial charge in [0.2, 0.25) is 0 Å². The normalized spacial score (nSPS) is 16.9. The summed E-state index contributed by atoms with van der Waals surface area (Å²) in [5.41, 5.74) is 6.07. The first-order valence-electron chi connectivity index (χ1n) is 15.6. The van der Waals surface area contributed by atoms with Crippen LogP contribution in [0.1, 0.15) is 55.1 Å². The number of benzene rings is 3. The summed E-state index contributed by atoms with van der Waals surface area (Å²) in [5.74, 6) is 1.41. The number of rotatable bonds is 7. The summed E-state index contributed by atoms with van der Waals surface area (Å²) >= 11 is 0. The summed E-state index contributed by atoms with van der Waals surface area (Å²) in [4.78, 5) is 4.77. The van der Waals surface area contributed by atoms with E-state index in [-0.39, 0.29) is 0 Å². The van der Waals surface area contributed by atoms with Gasteiger partial charge in [0.1, 0.15) is 29.3 Å². The molecule has 7 rings (SSSR count). The van der Waals surface area contributed by atoms with Crippen LogP contribution in [0.3, 0.4) is 0 Å². The maximum absolute atomic E-state index is 14.9. The SMILES string of the molecule is Cc1nn(-c2cccc(Oc3ccc4c5ccccc5n(-c5cc(CC(C)C)ccn5)c4c3)c2)c(C)c1C1C(F)=CCC[C@@H]1F. The Labute approximate surface area is 261 Å². The number of para-hydroxylation sites is 1. The molecule has 1 aliphatic rings. The number of hydrogen-bond donors (Lipinski definition) is 0. The van der Waals surface area contributed by atoms with Crippen LogP contribution in [-0.4, -0.2) is 25.5 Å². The number of pyridine rings is 1. The van der Waals surface area contributed by atoms with E-state index in [2.05, 4.69) is 66.9 Å². The zero-order valence-electron chi connectivity index (χ0n) is 26.0. The van der Waals surface area contributed by atoms with Crippen molar-refractivity contribution in [2.45, 2.75) is 59.0 Å². The van der Waals surface area contributed by atoms with E-state index in [0.717, 1.165) is 45.4 Å². The molecular weight excluding hydrogens is 566 g/mol. The third kappa shape index (κ3) is 5.30. The van der Waals surface area contributed by atoms with Crippen LogP contribution in [0.2, 0.25) is 0 Å². The van der Waals surface area contributed by atoms with Crippen LogP contribution in [0.5, 0.6) is 11.5 Å². The van der Waals surface area contributed by atoms with E-state index < -0.39 is 17.9 Å². The fraction of sp³-hybridized carbons (Fsp3) is 0.263. The number of halogens is 2. The summed E-state index contributed by atoms with van der Waals surface area (Å²) in [7, 11) is 0. The summed E-state index contributed by atoms with van der Waals surface area (Å²) < 4.78 is 40.1. The van der Waals surface area contributed by atoms with Crippen molar-refractivity contribution in [1.82, 2.24) is 19.3 Å². The summed E-state index contributed by atoms with van der Waals surface area (Å²) in [6, 6.07) is 26.4. The van der Waals surface area contributed by atoms with E-state index >= 15 is 0 Å². The minimum Gasteiger partial charge on any atom is -0.457 e.